The molecular formula is C11H16N2O3. The Bertz CT molecular complexity index is 303. The Balaban J connectivity index is 1.76. The summed E-state index contributed by atoms with van der Waals surface area (Å²) in [6.45, 7) is 0.121. The van der Waals surface area contributed by atoms with E-state index in [0.29, 0.717) is 12.1 Å². The van der Waals surface area contributed by atoms with Crippen LogP contribution in [0, 0.1) is 0 Å². The van der Waals surface area contributed by atoms with Crippen molar-refractivity contribution in [1.29, 1.82) is 0 Å². The zero-order chi connectivity index (χ0) is 11.1. The molecule has 0 saturated carbocycles. The fourth-order valence-corrected chi connectivity index (χ4v) is 3.15. The summed E-state index contributed by atoms with van der Waals surface area (Å²) in [6, 6.07) is 1.09. The molecule has 5 heteroatoms. The largest absolute Gasteiger partial charge is 0.362 e. The van der Waals surface area contributed by atoms with Crippen LogP contribution < -0.4 is 5.32 Å². The molecular weight excluding hydrogens is 208 g/mol. The van der Waals surface area contributed by atoms with Crippen LogP contribution in [0.25, 0.3) is 0 Å². The van der Waals surface area contributed by atoms with Crippen molar-refractivity contribution in [3.63, 3.8) is 0 Å². The molecule has 5 nitrogen and oxygen atoms in total. The molecule has 2 bridgehead atoms. The average Bonchev–Trinajstić information content (AvgIpc) is 2.58. The maximum Gasteiger partial charge on any atom is 0.255 e. The summed E-state index contributed by atoms with van der Waals surface area (Å²) >= 11 is 0. The minimum atomic E-state index is -0.164. The second-order valence-electron chi connectivity index (χ2n) is 4.91. The highest BCUT2D eigenvalue weighted by Crippen LogP contribution is 2.30. The molecule has 0 aromatic rings. The second kappa shape index (κ2) is 3.82. The quantitative estimate of drug-likeness (QED) is 0.619. The van der Waals surface area contributed by atoms with E-state index in [1.807, 2.05) is 0 Å². The molecule has 0 aromatic carbocycles. The molecule has 3 saturated heterocycles. The third kappa shape index (κ3) is 1.64. The molecule has 3 heterocycles. The van der Waals surface area contributed by atoms with Crippen LogP contribution in [0.15, 0.2) is 0 Å². The molecule has 88 valence electrons. The van der Waals surface area contributed by atoms with Gasteiger partial charge in [0.25, 0.3) is 11.8 Å². The van der Waals surface area contributed by atoms with Crippen molar-refractivity contribution < 1.29 is 14.3 Å². The Morgan fingerprint density at radius 2 is 1.62 bits per heavy atom. The molecule has 3 aliphatic heterocycles. The van der Waals surface area contributed by atoms with Crippen molar-refractivity contribution in [2.45, 2.75) is 43.8 Å². The van der Waals surface area contributed by atoms with Crippen molar-refractivity contribution in [3.8, 4) is 0 Å². The lowest BCUT2D eigenvalue weighted by Gasteiger charge is -2.38. The number of nitrogens with zero attached hydrogens (tertiary/aromatic N) is 1. The monoisotopic (exact) mass is 224 g/mol. The van der Waals surface area contributed by atoms with Crippen LogP contribution in [0.5, 0.6) is 0 Å². The number of piperidine rings is 1. The number of hydrogen-bond acceptors (Lipinski definition) is 4. The van der Waals surface area contributed by atoms with E-state index in [1.54, 1.807) is 0 Å². The van der Waals surface area contributed by atoms with Gasteiger partial charge in [-0.25, -0.2) is 0 Å². The lowest BCUT2D eigenvalue weighted by atomic mass is 9.97. The Morgan fingerprint density at radius 3 is 2.19 bits per heavy atom. The van der Waals surface area contributed by atoms with Gasteiger partial charge in [-0.2, -0.15) is 0 Å². The molecule has 3 aliphatic rings. The van der Waals surface area contributed by atoms with Gasteiger partial charge < -0.3 is 10.1 Å². The van der Waals surface area contributed by atoms with Crippen molar-refractivity contribution in [3.05, 3.63) is 0 Å². The van der Waals surface area contributed by atoms with E-state index >= 15 is 0 Å². The van der Waals surface area contributed by atoms with Crippen LogP contribution in [0.1, 0.15) is 25.7 Å². The maximum absolute atomic E-state index is 11.7. The molecule has 16 heavy (non-hydrogen) atoms. The highest BCUT2D eigenvalue weighted by atomic mass is 16.5. The smallest absolute Gasteiger partial charge is 0.255 e. The van der Waals surface area contributed by atoms with Gasteiger partial charge in [0.15, 0.2) is 0 Å². The van der Waals surface area contributed by atoms with Gasteiger partial charge in [0.05, 0.1) is 0 Å². The predicted octanol–water partition coefficient (Wildman–Crippen LogP) is -0.345. The molecule has 1 N–H and O–H groups in total. The number of morpholine rings is 1. The molecule has 3 rings (SSSR count). The molecule has 3 fully saturated rings. The maximum atomic E-state index is 11.7. The number of imide groups is 1. The number of ether oxygens (including phenoxy) is 1. The molecule has 2 unspecified atom stereocenters. The summed E-state index contributed by atoms with van der Waals surface area (Å²) in [4.78, 5) is 24.8. The third-order valence-electron chi connectivity index (χ3n) is 3.80. The average molecular weight is 224 g/mol. The van der Waals surface area contributed by atoms with Gasteiger partial charge in [0, 0.05) is 18.1 Å². The van der Waals surface area contributed by atoms with Crippen LogP contribution in [-0.2, 0) is 14.3 Å². The van der Waals surface area contributed by atoms with E-state index in [0.717, 1.165) is 12.8 Å². The number of carbonyl (C=O) groups is 2. The number of rotatable bonds is 1. The summed E-state index contributed by atoms with van der Waals surface area (Å²) in [5, 5.41) is 3.51. The number of amides is 2. The Hall–Kier alpha value is -0.940. The highest BCUT2D eigenvalue weighted by molar-refractivity contribution is 5.98. The fraction of sp³-hybridized carbons (Fsp3) is 0.818. The Kier molecular flexibility index (Phi) is 2.44. The highest BCUT2D eigenvalue weighted by Gasteiger charge is 2.41. The molecule has 0 aliphatic carbocycles. The Labute approximate surface area is 94.1 Å². The lowest BCUT2D eigenvalue weighted by Crippen LogP contribution is -2.56. The first kappa shape index (κ1) is 10.2. The molecule has 0 radical (unpaired) electrons. The zero-order valence-corrected chi connectivity index (χ0v) is 9.15. The fourth-order valence-electron chi connectivity index (χ4n) is 3.15. The molecule has 2 amide bonds. The molecule has 0 spiro atoms. The van der Waals surface area contributed by atoms with Crippen LogP contribution in [0.3, 0.4) is 0 Å². The van der Waals surface area contributed by atoms with Crippen molar-refractivity contribution >= 4 is 11.8 Å². The van der Waals surface area contributed by atoms with Crippen LogP contribution >= 0.6 is 0 Å². The molecule has 0 aromatic heterocycles. The number of nitrogens with one attached hydrogen (secondary N) is 1. The van der Waals surface area contributed by atoms with Gasteiger partial charge in [-0.3, -0.25) is 14.5 Å². The number of carbonyl (C=O) groups excluding carboxylic acids is 2. The van der Waals surface area contributed by atoms with Gasteiger partial charge in [-0.05, 0) is 25.7 Å². The van der Waals surface area contributed by atoms with E-state index in [-0.39, 0.29) is 31.1 Å². The van der Waals surface area contributed by atoms with E-state index < -0.39 is 0 Å². The van der Waals surface area contributed by atoms with E-state index in [9.17, 15) is 9.59 Å². The first-order valence-corrected chi connectivity index (χ1v) is 5.92. The third-order valence-corrected chi connectivity index (χ3v) is 3.80. The molecule has 2 atom stereocenters. The van der Waals surface area contributed by atoms with Crippen molar-refractivity contribution in [2.24, 2.45) is 0 Å². The standard InChI is InChI=1S/C11H16N2O3/c14-10-5-16-6-11(15)13(10)9-3-7-1-2-8(4-9)12-7/h7-9,12H,1-6H2. The van der Waals surface area contributed by atoms with Crippen LogP contribution in [-0.4, -0.2) is 48.1 Å². The van der Waals surface area contributed by atoms with Crippen LogP contribution in [0.4, 0.5) is 0 Å². The number of hydrogen-bond donors (Lipinski definition) is 1. The zero-order valence-electron chi connectivity index (χ0n) is 9.15. The Morgan fingerprint density at radius 1 is 1.06 bits per heavy atom. The summed E-state index contributed by atoms with van der Waals surface area (Å²) in [6.07, 6.45) is 4.17. The summed E-state index contributed by atoms with van der Waals surface area (Å²) < 4.78 is 4.93. The summed E-state index contributed by atoms with van der Waals surface area (Å²) in [7, 11) is 0. The van der Waals surface area contributed by atoms with E-state index in [1.165, 1.54) is 17.7 Å². The van der Waals surface area contributed by atoms with Gasteiger partial charge in [0.1, 0.15) is 13.2 Å². The SMILES string of the molecule is O=C1COCC(=O)N1C1CC2CCC(C1)N2. The minimum absolute atomic E-state index is 0.0605. The predicted molar refractivity (Wildman–Crippen MR) is 55.6 cm³/mol. The number of fused-ring (bicyclic) bond motifs is 2. The lowest BCUT2D eigenvalue weighted by molar-refractivity contribution is -0.162. The van der Waals surface area contributed by atoms with Gasteiger partial charge in [-0.1, -0.05) is 0 Å². The van der Waals surface area contributed by atoms with E-state index in [4.69, 9.17) is 4.74 Å². The topological polar surface area (TPSA) is 58.6 Å². The van der Waals surface area contributed by atoms with Gasteiger partial charge >= 0.3 is 0 Å². The van der Waals surface area contributed by atoms with Gasteiger partial charge in [0.2, 0.25) is 0 Å². The van der Waals surface area contributed by atoms with Crippen LogP contribution in [0.2, 0.25) is 0 Å². The second-order valence-corrected chi connectivity index (χ2v) is 4.91. The summed E-state index contributed by atoms with van der Waals surface area (Å²) in [5.74, 6) is -0.329. The van der Waals surface area contributed by atoms with E-state index in [2.05, 4.69) is 5.32 Å². The van der Waals surface area contributed by atoms with Gasteiger partial charge in [-0.15, -0.1) is 0 Å². The van der Waals surface area contributed by atoms with Crippen molar-refractivity contribution in [2.75, 3.05) is 13.2 Å². The minimum Gasteiger partial charge on any atom is -0.362 e. The first-order valence-electron chi connectivity index (χ1n) is 5.92. The normalized spacial score (nSPS) is 39.2. The first-order chi connectivity index (χ1) is 7.74. The summed E-state index contributed by atoms with van der Waals surface area (Å²) in [5.41, 5.74) is 0. The van der Waals surface area contributed by atoms with Crippen molar-refractivity contribution in [1.82, 2.24) is 10.2 Å².